The number of hydrogen-bond donors (Lipinski definition) is 0. The summed E-state index contributed by atoms with van der Waals surface area (Å²) in [4.78, 5) is 42.8. The minimum absolute atomic E-state index is 0.129. The Morgan fingerprint density at radius 2 is 1.81 bits per heavy atom. The number of benzene rings is 2. The smallest absolute Gasteiger partial charge is 0.332 e. The first-order valence-corrected chi connectivity index (χ1v) is 8.73. The van der Waals surface area contributed by atoms with Crippen molar-refractivity contribution in [2.24, 2.45) is 0 Å². The van der Waals surface area contributed by atoms with Gasteiger partial charge in [-0.3, -0.25) is 9.59 Å². The van der Waals surface area contributed by atoms with Crippen LogP contribution in [-0.2, 0) is 4.79 Å². The Morgan fingerprint density at radius 1 is 1.04 bits per heavy atom. The Kier molecular flexibility index (Phi) is 4.27. The van der Waals surface area contributed by atoms with Gasteiger partial charge in [-0.25, -0.2) is 9.69 Å². The van der Waals surface area contributed by atoms with Crippen molar-refractivity contribution in [1.82, 2.24) is 9.80 Å². The van der Waals surface area contributed by atoms with E-state index in [-0.39, 0.29) is 24.4 Å². The molecule has 7 heteroatoms. The molecule has 0 saturated carbocycles. The molecule has 2 aliphatic heterocycles. The number of carbonyl (C=O) groups excluding carboxylic acids is 3. The van der Waals surface area contributed by atoms with Gasteiger partial charge in [-0.2, -0.15) is 0 Å². The van der Waals surface area contributed by atoms with Gasteiger partial charge in [0.05, 0.1) is 19.3 Å². The number of nitrogens with zero attached hydrogens (tertiary/aromatic N) is 3. The number of urea groups is 1. The molecule has 2 aromatic rings. The molecule has 2 aromatic carbocycles. The highest BCUT2D eigenvalue weighted by atomic mass is 16.5. The molecular formula is C20H19N3O4. The maximum Gasteiger partial charge on any atom is 0.332 e. The summed E-state index contributed by atoms with van der Waals surface area (Å²) in [5.74, 6) is 0.119. The molecule has 0 aromatic heterocycles. The molecular weight excluding hydrogens is 346 g/mol. The van der Waals surface area contributed by atoms with Crippen LogP contribution in [0.25, 0.3) is 0 Å². The predicted octanol–water partition coefficient (Wildman–Crippen LogP) is 1.99. The lowest BCUT2D eigenvalue weighted by molar-refractivity contribution is -0.120. The maximum absolute atomic E-state index is 12.9. The Bertz CT molecular complexity index is 899. The van der Waals surface area contributed by atoms with E-state index in [1.165, 1.54) is 16.9 Å². The first-order valence-electron chi connectivity index (χ1n) is 8.73. The number of fused-ring (bicyclic) bond motifs is 1. The highest BCUT2D eigenvalue weighted by molar-refractivity contribution is 6.21. The van der Waals surface area contributed by atoms with Gasteiger partial charge in [-0.1, -0.05) is 24.3 Å². The Hall–Kier alpha value is -3.35. The monoisotopic (exact) mass is 365 g/mol. The van der Waals surface area contributed by atoms with Crippen LogP contribution >= 0.6 is 0 Å². The summed E-state index contributed by atoms with van der Waals surface area (Å²) in [5.41, 5.74) is 1.05. The van der Waals surface area contributed by atoms with Crippen LogP contribution in [0.3, 0.4) is 0 Å². The standard InChI is InChI=1S/C20H19N3O4/c1-27-16-9-5-8-15(12-16)23-19(25)17-13-21(10-11-22(17)20(23)26)18(24)14-6-3-2-4-7-14/h2-9,12,17H,10-11,13H2,1H3. The van der Waals surface area contributed by atoms with Gasteiger partial charge < -0.3 is 14.5 Å². The van der Waals surface area contributed by atoms with E-state index in [0.717, 1.165) is 0 Å². The number of amides is 4. The zero-order valence-electron chi connectivity index (χ0n) is 14.9. The number of rotatable bonds is 3. The molecule has 7 nitrogen and oxygen atoms in total. The molecule has 0 radical (unpaired) electrons. The summed E-state index contributed by atoms with van der Waals surface area (Å²) in [6.07, 6.45) is 0. The minimum Gasteiger partial charge on any atom is -0.497 e. The zero-order chi connectivity index (χ0) is 19.0. The van der Waals surface area contributed by atoms with Crippen LogP contribution < -0.4 is 9.64 Å². The molecule has 138 valence electrons. The van der Waals surface area contributed by atoms with Gasteiger partial charge in [0.1, 0.15) is 11.8 Å². The number of ether oxygens (including phenoxy) is 1. The molecule has 2 aliphatic rings. The summed E-state index contributed by atoms with van der Waals surface area (Å²) in [7, 11) is 1.53. The number of anilines is 1. The van der Waals surface area contributed by atoms with E-state index in [1.807, 2.05) is 6.07 Å². The van der Waals surface area contributed by atoms with Crippen LogP contribution in [0.15, 0.2) is 54.6 Å². The highest BCUT2D eigenvalue weighted by Gasteiger charge is 2.49. The minimum atomic E-state index is -0.662. The van der Waals surface area contributed by atoms with E-state index in [4.69, 9.17) is 4.74 Å². The first-order chi connectivity index (χ1) is 13.1. The van der Waals surface area contributed by atoms with Crippen molar-refractivity contribution in [3.63, 3.8) is 0 Å². The van der Waals surface area contributed by atoms with Crippen molar-refractivity contribution in [3.05, 3.63) is 60.2 Å². The topological polar surface area (TPSA) is 70.2 Å². The van der Waals surface area contributed by atoms with Gasteiger partial charge in [0.25, 0.3) is 11.8 Å². The van der Waals surface area contributed by atoms with E-state index in [1.54, 1.807) is 53.4 Å². The summed E-state index contributed by atoms with van der Waals surface area (Å²) in [5, 5.41) is 0. The van der Waals surface area contributed by atoms with Crippen molar-refractivity contribution >= 4 is 23.5 Å². The Balaban J connectivity index is 1.57. The van der Waals surface area contributed by atoms with Crippen LogP contribution in [0.5, 0.6) is 5.75 Å². The first kappa shape index (κ1) is 17.1. The third-order valence-corrected chi connectivity index (χ3v) is 4.94. The van der Waals surface area contributed by atoms with Crippen LogP contribution in [0, 0.1) is 0 Å². The zero-order valence-corrected chi connectivity index (χ0v) is 14.9. The lowest BCUT2D eigenvalue weighted by Crippen LogP contribution is -2.54. The molecule has 1 atom stereocenters. The fourth-order valence-corrected chi connectivity index (χ4v) is 3.53. The van der Waals surface area contributed by atoms with Gasteiger partial charge in [0, 0.05) is 24.7 Å². The molecule has 1 unspecified atom stereocenters. The number of methoxy groups -OCH3 is 1. The summed E-state index contributed by atoms with van der Waals surface area (Å²) in [6.45, 7) is 0.919. The second-order valence-electron chi connectivity index (χ2n) is 6.48. The summed E-state index contributed by atoms with van der Waals surface area (Å²) < 4.78 is 5.19. The normalized spacial score (nSPS) is 19.3. The molecule has 2 saturated heterocycles. The molecule has 0 aliphatic carbocycles. The third-order valence-electron chi connectivity index (χ3n) is 4.94. The second kappa shape index (κ2) is 6.75. The van der Waals surface area contributed by atoms with Crippen molar-refractivity contribution in [2.75, 3.05) is 31.6 Å². The van der Waals surface area contributed by atoms with Gasteiger partial charge in [0.2, 0.25) is 0 Å². The van der Waals surface area contributed by atoms with Crippen LogP contribution in [-0.4, -0.2) is 60.4 Å². The van der Waals surface area contributed by atoms with E-state index in [9.17, 15) is 14.4 Å². The van der Waals surface area contributed by atoms with E-state index in [2.05, 4.69) is 0 Å². The second-order valence-corrected chi connectivity index (χ2v) is 6.48. The van der Waals surface area contributed by atoms with Gasteiger partial charge >= 0.3 is 6.03 Å². The molecule has 0 N–H and O–H groups in total. The summed E-state index contributed by atoms with van der Waals surface area (Å²) >= 11 is 0. The number of carbonyl (C=O) groups is 3. The molecule has 4 rings (SSSR count). The van der Waals surface area contributed by atoms with Gasteiger partial charge in [-0.15, -0.1) is 0 Å². The molecule has 4 amide bonds. The van der Waals surface area contributed by atoms with Crippen LogP contribution in [0.4, 0.5) is 10.5 Å². The molecule has 0 bridgehead atoms. The van der Waals surface area contributed by atoms with Gasteiger partial charge in [-0.05, 0) is 24.3 Å². The lowest BCUT2D eigenvalue weighted by Gasteiger charge is -2.35. The average molecular weight is 365 g/mol. The van der Waals surface area contributed by atoms with Crippen molar-refractivity contribution in [1.29, 1.82) is 0 Å². The average Bonchev–Trinajstić information content (AvgIpc) is 2.98. The van der Waals surface area contributed by atoms with E-state index in [0.29, 0.717) is 30.1 Å². The van der Waals surface area contributed by atoms with Crippen LogP contribution in [0.1, 0.15) is 10.4 Å². The molecule has 2 heterocycles. The number of imide groups is 1. The fourth-order valence-electron chi connectivity index (χ4n) is 3.53. The van der Waals surface area contributed by atoms with Gasteiger partial charge in [0.15, 0.2) is 0 Å². The molecule has 0 spiro atoms. The predicted molar refractivity (Wildman–Crippen MR) is 98.7 cm³/mol. The fraction of sp³-hybridized carbons (Fsp3) is 0.250. The highest BCUT2D eigenvalue weighted by Crippen LogP contribution is 2.30. The third kappa shape index (κ3) is 2.91. The van der Waals surface area contributed by atoms with Crippen molar-refractivity contribution in [3.8, 4) is 5.75 Å². The Labute approximate surface area is 156 Å². The summed E-state index contributed by atoms with van der Waals surface area (Å²) in [6, 6.07) is 14.8. The van der Waals surface area contributed by atoms with E-state index < -0.39 is 6.04 Å². The quantitative estimate of drug-likeness (QED) is 0.780. The van der Waals surface area contributed by atoms with Crippen molar-refractivity contribution in [2.45, 2.75) is 6.04 Å². The van der Waals surface area contributed by atoms with Crippen LogP contribution in [0.2, 0.25) is 0 Å². The SMILES string of the molecule is COc1cccc(N2C(=O)C3CN(C(=O)c4ccccc4)CCN3C2=O)c1. The largest absolute Gasteiger partial charge is 0.497 e. The Morgan fingerprint density at radius 3 is 2.56 bits per heavy atom. The number of piperazine rings is 1. The van der Waals surface area contributed by atoms with Crippen molar-refractivity contribution < 1.29 is 19.1 Å². The molecule has 2 fully saturated rings. The molecule has 27 heavy (non-hydrogen) atoms. The number of hydrogen-bond acceptors (Lipinski definition) is 4. The maximum atomic E-state index is 12.9. The lowest BCUT2D eigenvalue weighted by atomic mass is 10.1. The van der Waals surface area contributed by atoms with E-state index >= 15 is 0 Å².